The fourth-order valence-electron chi connectivity index (χ4n) is 2.36. The fraction of sp³-hybridized carbons (Fsp3) is 0.312. The molecule has 2 rings (SSSR count). The van der Waals surface area contributed by atoms with Gasteiger partial charge in [0.1, 0.15) is 17.5 Å². The molecular formula is C16H19F2N3. The minimum absolute atomic E-state index is 0.242. The molecular weight excluding hydrogens is 272 g/mol. The Balaban J connectivity index is 2.55. The van der Waals surface area contributed by atoms with Crippen LogP contribution in [0, 0.1) is 18.6 Å². The first kappa shape index (κ1) is 15.4. The van der Waals surface area contributed by atoms with Crippen LogP contribution < -0.4 is 11.1 Å². The summed E-state index contributed by atoms with van der Waals surface area (Å²) in [6.07, 6.45) is 2.47. The van der Waals surface area contributed by atoms with Crippen molar-refractivity contribution in [3.05, 3.63) is 58.8 Å². The molecule has 3 N–H and O–H groups in total. The topological polar surface area (TPSA) is 50.9 Å². The maximum absolute atomic E-state index is 14.1. The van der Waals surface area contributed by atoms with Crippen LogP contribution in [0.1, 0.15) is 36.1 Å². The van der Waals surface area contributed by atoms with Crippen molar-refractivity contribution in [2.45, 2.75) is 26.3 Å². The average Bonchev–Trinajstić information content (AvgIpc) is 2.45. The van der Waals surface area contributed by atoms with Crippen molar-refractivity contribution in [2.24, 2.45) is 0 Å². The minimum Gasteiger partial charge on any atom is -0.383 e. The summed E-state index contributed by atoms with van der Waals surface area (Å²) in [6.45, 7) is 4.55. The van der Waals surface area contributed by atoms with E-state index in [-0.39, 0.29) is 5.56 Å². The van der Waals surface area contributed by atoms with Gasteiger partial charge in [0.2, 0.25) is 0 Å². The van der Waals surface area contributed by atoms with Crippen LogP contribution in [0.2, 0.25) is 0 Å². The Kier molecular flexibility index (Phi) is 4.85. The SMILES string of the molecule is CCCNC(c1cc(F)ccc1F)c1c(C)ccnc1N. The molecule has 1 aromatic carbocycles. The smallest absolute Gasteiger partial charge is 0.128 e. The predicted molar refractivity (Wildman–Crippen MR) is 79.9 cm³/mol. The quantitative estimate of drug-likeness (QED) is 0.888. The third-order valence-electron chi connectivity index (χ3n) is 3.40. The lowest BCUT2D eigenvalue weighted by atomic mass is 9.95. The molecule has 0 aliphatic heterocycles. The molecule has 1 atom stereocenters. The van der Waals surface area contributed by atoms with Crippen LogP contribution in [-0.4, -0.2) is 11.5 Å². The molecule has 1 aromatic heterocycles. The summed E-state index contributed by atoms with van der Waals surface area (Å²) in [5, 5.41) is 3.23. The third kappa shape index (κ3) is 3.36. The number of anilines is 1. The largest absolute Gasteiger partial charge is 0.383 e. The lowest BCUT2D eigenvalue weighted by Crippen LogP contribution is -2.26. The number of nitrogen functional groups attached to an aromatic ring is 1. The maximum Gasteiger partial charge on any atom is 0.128 e. The molecule has 0 saturated heterocycles. The van der Waals surface area contributed by atoms with Crippen molar-refractivity contribution < 1.29 is 8.78 Å². The van der Waals surface area contributed by atoms with Gasteiger partial charge in [-0.1, -0.05) is 6.92 Å². The molecule has 0 radical (unpaired) electrons. The number of nitrogens with two attached hydrogens (primary N) is 1. The fourth-order valence-corrected chi connectivity index (χ4v) is 2.36. The van der Waals surface area contributed by atoms with Gasteiger partial charge in [0.15, 0.2) is 0 Å². The molecule has 1 heterocycles. The second-order valence-electron chi connectivity index (χ2n) is 4.98. The van der Waals surface area contributed by atoms with Crippen molar-refractivity contribution in [3.63, 3.8) is 0 Å². The normalized spacial score (nSPS) is 12.4. The number of aryl methyl sites for hydroxylation is 1. The van der Waals surface area contributed by atoms with E-state index in [1.165, 1.54) is 6.07 Å². The van der Waals surface area contributed by atoms with Crippen molar-refractivity contribution in [1.29, 1.82) is 0 Å². The number of aromatic nitrogens is 1. The van der Waals surface area contributed by atoms with Crippen LogP contribution in [0.3, 0.4) is 0 Å². The molecule has 5 heteroatoms. The lowest BCUT2D eigenvalue weighted by molar-refractivity contribution is 0.534. The average molecular weight is 291 g/mol. The van der Waals surface area contributed by atoms with E-state index < -0.39 is 17.7 Å². The van der Waals surface area contributed by atoms with Crippen molar-refractivity contribution in [3.8, 4) is 0 Å². The zero-order chi connectivity index (χ0) is 15.4. The molecule has 0 fully saturated rings. The van der Waals surface area contributed by atoms with Gasteiger partial charge in [-0.2, -0.15) is 0 Å². The Bertz CT molecular complexity index is 609. The van der Waals surface area contributed by atoms with E-state index in [0.29, 0.717) is 17.9 Å². The van der Waals surface area contributed by atoms with Crippen LogP contribution in [0.5, 0.6) is 0 Å². The van der Waals surface area contributed by atoms with Gasteiger partial charge in [0, 0.05) is 17.3 Å². The molecule has 3 nitrogen and oxygen atoms in total. The summed E-state index contributed by atoms with van der Waals surface area (Å²) in [5.41, 5.74) is 7.77. The summed E-state index contributed by atoms with van der Waals surface area (Å²) < 4.78 is 27.6. The number of halogens is 2. The van der Waals surface area contributed by atoms with Gasteiger partial charge in [-0.05, 0) is 49.7 Å². The standard InChI is InChI=1S/C16H19F2N3/c1-3-7-20-15(12-9-11(17)4-5-13(12)18)14-10(2)6-8-21-16(14)19/h4-6,8-9,15,20H,3,7H2,1-2H3,(H2,19,21). The zero-order valence-corrected chi connectivity index (χ0v) is 12.2. The molecule has 0 aliphatic carbocycles. The first-order valence-electron chi connectivity index (χ1n) is 6.94. The van der Waals surface area contributed by atoms with Crippen LogP contribution in [-0.2, 0) is 0 Å². The molecule has 0 saturated carbocycles. The number of benzene rings is 1. The van der Waals surface area contributed by atoms with Crippen molar-refractivity contribution in [2.75, 3.05) is 12.3 Å². The predicted octanol–water partition coefficient (Wildman–Crippen LogP) is 3.34. The van der Waals surface area contributed by atoms with E-state index in [1.807, 2.05) is 19.9 Å². The van der Waals surface area contributed by atoms with E-state index >= 15 is 0 Å². The molecule has 1 unspecified atom stereocenters. The van der Waals surface area contributed by atoms with E-state index in [9.17, 15) is 8.78 Å². The number of hydrogen-bond donors (Lipinski definition) is 2. The van der Waals surface area contributed by atoms with Crippen LogP contribution in [0.4, 0.5) is 14.6 Å². The van der Waals surface area contributed by atoms with Crippen LogP contribution in [0.15, 0.2) is 30.5 Å². The second-order valence-corrected chi connectivity index (χ2v) is 4.98. The Labute approximate surface area is 123 Å². The number of nitrogens with one attached hydrogen (secondary N) is 1. The first-order valence-corrected chi connectivity index (χ1v) is 6.94. The monoisotopic (exact) mass is 291 g/mol. The van der Waals surface area contributed by atoms with Gasteiger partial charge in [-0.15, -0.1) is 0 Å². The van der Waals surface area contributed by atoms with E-state index in [0.717, 1.165) is 24.1 Å². The highest BCUT2D eigenvalue weighted by atomic mass is 19.1. The van der Waals surface area contributed by atoms with Crippen LogP contribution >= 0.6 is 0 Å². The van der Waals surface area contributed by atoms with Gasteiger partial charge in [0.25, 0.3) is 0 Å². The summed E-state index contributed by atoms with van der Waals surface area (Å²) in [7, 11) is 0. The van der Waals surface area contributed by atoms with E-state index in [1.54, 1.807) is 6.20 Å². The highest BCUT2D eigenvalue weighted by Gasteiger charge is 2.22. The molecule has 0 spiro atoms. The highest BCUT2D eigenvalue weighted by molar-refractivity contribution is 5.50. The number of hydrogen-bond acceptors (Lipinski definition) is 3. The first-order chi connectivity index (χ1) is 10.0. The van der Waals surface area contributed by atoms with Gasteiger partial charge >= 0.3 is 0 Å². The van der Waals surface area contributed by atoms with Gasteiger partial charge in [-0.25, -0.2) is 13.8 Å². The van der Waals surface area contributed by atoms with Gasteiger partial charge in [0.05, 0.1) is 6.04 Å². The second kappa shape index (κ2) is 6.63. The Hall–Kier alpha value is -2.01. The number of nitrogens with zero attached hydrogens (tertiary/aromatic N) is 1. The Morgan fingerprint density at radius 2 is 2.05 bits per heavy atom. The summed E-state index contributed by atoms with van der Waals surface area (Å²) in [5.74, 6) is -0.616. The highest BCUT2D eigenvalue weighted by Crippen LogP contribution is 2.30. The Morgan fingerprint density at radius 3 is 2.71 bits per heavy atom. The lowest BCUT2D eigenvalue weighted by Gasteiger charge is -2.23. The van der Waals surface area contributed by atoms with E-state index in [2.05, 4.69) is 10.3 Å². The number of pyridine rings is 1. The Morgan fingerprint density at radius 1 is 1.29 bits per heavy atom. The summed E-state index contributed by atoms with van der Waals surface area (Å²) in [4.78, 5) is 4.07. The van der Waals surface area contributed by atoms with Crippen molar-refractivity contribution in [1.82, 2.24) is 10.3 Å². The summed E-state index contributed by atoms with van der Waals surface area (Å²) >= 11 is 0. The molecule has 0 aliphatic rings. The van der Waals surface area contributed by atoms with E-state index in [4.69, 9.17) is 5.73 Å². The summed E-state index contributed by atoms with van der Waals surface area (Å²) in [6, 6.07) is 4.73. The maximum atomic E-state index is 14.1. The van der Waals surface area contributed by atoms with Gasteiger partial charge in [-0.3, -0.25) is 0 Å². The van der Waals surface area contributed by atoms with Gasteiger partial charge < -0.3 is 11.1 Å². The molecule has 21 heavy (non-hydrogen) atoms. The number of rotatable bonds is 5. The molecule has 0 amide bonds. The molecule has 112 valence electrons. The zero-order valence-electron chi connectivity index (χ0n) is 12.2. The van der Waals surface area contributed by atoms with Crippen molar-refractivity contribution >= 4 is 5.82 Å². The molecule has 0 bridgehead atoms. The minimum atomic E-state index is -0.519. The van der Waals surface area contributed by atoms with Crippen LogP contribution in [0.25, 0.3) is 0 Å². The third-order valence-corrected chi connectivity index (χ3v) is 3.40. The molecule has 2 aromatic rings.